The van der Waals surface area contributed by atoms with Gasteiger partial charge in [0.2, 0.25) is 0 Å². The van der Waals surface area contributed by atoms with Gasteiger partial charge in [-0.3, -0.25) is 4.99 Å². The number of ether oxygens (including phenoxy) is 1. The molecule has 0 aliphatic carbocycles. The number of aliphatic imine (C=N–C) groups is 1. The Morgan fingerprint density at radius 1 is 1.19 bits per heavy atom. The number of nitrogens with zero attached hydrogens (tertiary/aromatic N) is 1. The predicted octanol–water partition coefficient (Wildman–Crippen LogP) is 2.63. The van der Waals surface area contributed by atoms with Gasteiger partial charge in [-0.05, 0) is 18.4 Å². The lowest BCUT2D eigenvalue weighted by Crippen LogP contribution is -2.45. The van der Waals surface area contributed by atoms with Gasteiger partial charge in [0.05, 0.1) is 6.61 Å². The van der Waals surface area contributed by atoms with Gasteiger partial charge in [-0.15, -0.1) is 0 Å². The maximum absolute atomic E-state index is 5.14. The van der Waals surface area contributed by atoms with Gasteiger partial charge in [0.25, 0.3) is 0 Å². The Balaban J connectivity index is 2.60. The Hall–Kier alpha value is -1.55. The van der Waals surface area contributed by atoms with E-state index in [9.17, 15) is 0 Å². The zero-order valence-corrected chi connectivity index (χ0v) is 13.9. The van der Waals surface area contributed by atoms with Crippen molar-refractivity contribution in [1.29, 1.82) is 0 Å². The fourth-order valence-corrected chi connectivity index (χ4v) is 2.37. The van der Waals surface area contributed by atoms with Crippen LogP contribution in [0.5, 0.6) is 0 Å². The maximum atomic E-state index is 5.14. The van der Waals surface area contributed by atoms with E-state index in [-0.39, 0.29) is 6.04 Å². The van der Waals surface area contributed by atoms with E-state index in [0.29, 0.717) is 18.4 Å². The van der Waals surface area contributed by atoms with Crippen LogP contribution in [0.4, 0.5) is 0 Å². The number of benzene rings is 1. The third kappa shape index (κ3) is 6.17. The third-order valence-electron chi connectivity index (χ3n) is 3.55. The lowest BCUT2D eigenvalue weighted by Gasteiger charge is -2.24. The van der Waals surface area contributed by atoms with Crippen LogP contribution in [-0.2, 0) is 4.74 Å². The van der Waals surface area contributed by atoms with Crippen molar-refractivity contribution in [2.45, 2.75) is 32.7 Å². The predicted molar refractivity (Wildman–Crippen MR) is 89.9 cm³/mol. The van der Waals surface area contributed by atoms with E-state index in [1.807, 2.05) is 0 Å². The molecule has 4 heteroatoms. The van der Waals surface area contributed by atoms with Gasteiger partial charge in [-0.2, -0.15) is 0 Å². The van der Waals surface area contributed by atoms with Crippen LogP contribution in [0.15, 0.2) is 35.3 Å². The minimum absolute atomic E-state index is 0.232. The number of rotatable bonds is 7. The molecule has 2 unspecified atom stereocenters. The summed E-state index contributed by atoms with van der Waals surface area (Å²) in [4.78, 5) is 4.27. The van der Waals surface area contributed by atoms with Crippen LogP contribution in [0, 0.1) is 5.92 Å². The van der Waals surface area contributed by atoms with Crippen molar-refractivity contribution < 1.29 is 4.74 Å². The summed E-state index contributed by atoms with van der Waals surface area (Å²) in [5, 5.41) is 6.75. The molecule has 1 rings (SSSR count). The summed E-state index contributed by atoms with van der Waals surface area (Å²) in [6.07, 6.45) is 0. The van der Waals surface area contributed by atoms with Crippen molar-refractivity contribution in [2.75, 3.05) is 27.3 Å². The molecule has 0 radical (unpaired) electrons. The van der Waals surface area contributed by atoms with Gasteiger partial charge in [0, 0.05) is 32.7 Å². The van der Waals surface area contributed by atoms with E-state index in [1.54, 1.807) is 14.2 Å². The lowest BCUT2D eigenvalue weighted by molar-refractivity contribution is 0.179. The first-order valence-corrected chi connectivity index (χ1v) is 7.59. The molecule has 0 bridgehead atoms. The minimum atomic E-state index is 0.232. The van der Waals surface area contributed by atoms with Crippen molar-refractivity contribution in [3.63, 3.8) is 0 Å². The highest BCUT2D eigenvalue weighted by molar-refractivity contribution is 5.80. The Morgan fingerprint density at radius 2 is 1.86 bits per heavy atom. The summed E-state index contributed by atoms with van der Waals surface area (Å²) in [5.74, 6) is 1.85. The number of methoxy groups -OCH3 is 1. The van der Waals surface area contributed by atoms with E-state index in [0.717, 1.165) is 12.5 Å². The van der Waals surface area contributed by atoms with Crippen LogP contribution in [0.1, 0.15) is 32.3 Å². The first-order chi connectivity index (χ1) is 10.1. The van der Waals surface area contributed by atoms with Crippen LogP contribution in [0.25, 0.3) is 0 Å². The topological polar surface area (TPSA) is 45.7 Å². The van der Waals surface area contributed by atoms with Gasteiger partial charge in [-0.25, -0.2) is 0 Å². The van der Waals surface area contributed by atoms with Crippen molar-refractivity contribution in [3.8, 4) is 0 Å². The normalized spacial score (nSPS) is 14.9. The standard InChI is InChI=1S/C17H29N3O/c1-13(2)16(15-9-7-6-8-10-15)11-19-17(18-4)20-14(3)12-21-5/h6-10,13-14,16H,11-12H2,1-5H3,(H2,18,19,20). The minimum Gasteiger partial charge on any atom is -0.383 e. The summed E-state index contributed by atoms with van der Waals surface area (Å²) in [5.41, 5.74) is 1.36. The summed E-state index contributed by atoms with van der Waals surface area (Å²) < 4.78 is 5.14. The van der Waals surface area contributed by atoms with E-state index in [2.05, 4.69) is 66.7 Å². The quantitative estimate of drug-likeness (QED) is 0.599. The van der Waals surface area contributed by atoms with E-state index >= 15 is 0 Å². The molecule has 4 nitrogen and oxygen atoms in total. The first-order valence-electron chi connectivity index (χ1n) is 7.59. The first kappa shape index (κ1) is 17.5. The molecular formula is C17H29N3O. The summed E-state index contributed by atoms with van der Waals surface area (Å²) in [6.45, 7) is 8.10. The average Bonchev–Trinajstić information content (AvgIpc) is 2.47. The third-order valence-corrected chi connectivity index (χ3v) is 3.55. The van der Waals surface area contributed by atoms with Gasteiger partial charge in [-0.1, -0.05) is 44.2 Å². The summed E-state index contributed by atoms with van der Waals surface area (Å²) >= 11 is 0. The molecule has 0 amide bonds. The Morgan fingerprint density at radius 3 is 2.38 bits per heavy atom. The number of hydrogen-bond donors (Lipinski definition) is 2. The molecule has 21 heavy (non-hydrogen) atoms. The molecule has 0 aliphatic rings. The largest absolute Gasteiger partial charge is 0.383 e. The molecule has 0 aromatic heterocycles. The Labute approximate surface area is 129 Å². The molecular weight excluding hydrogens is 262 g/mol. The summed E-state index contributed by atoms with van der Waals surface area (Å²) in [6, 6.07) is 10.9. The molecule has 0 fully saturated rings. The van der Waals surface area contributed by atoms with Gasteiger partial charge >= 0.3 is 0 Å². The molecule has 0 aliphatic heterocycles. The zero-order valence-electron chi connectivity index (χ0n) is 13.9. The van der Waals surface area contributed by atoms with Crippen LogP contribution < -0.4 is 10.6 Å². The SMILES string of the molecule is CN=C(NCC(c1ccccc1)C(C)C)NC(C)COC. The molecule has 0 saturated heterocycles. The highest BCUT2D eigenvalue weighted by Gasteiger charge is 2.16. The van der Waals surface area contributed by atoms with Crippen LogP contribution in [0.2, 0.25) is 0 Å². The van der Waals surface area contributed by atoms with E-state index < -0.39 is 0 Å². The number of nitrogens with one attached hydrogen (secondary N) is 2. The number of hydrogen-bond acceptors (Lipinski definition) is 2. The molecule has 0 spiro atoms. The number of guanidine groups is 1. The Bertz CT molecular complexity index is 417. The van der Waals surface area contributed by atoms with Gasteiger partial charge in [0.15, 0.2) is 5.96 Å². The molecule has 0 heterocycles. The van der Waals surface area contributed by atoms with Gasteiger partial charge < -0.3 is 15.4 Å². The average molecular weight is 291 g/mol. The Kier molecular flexibility index (Phi) is 7.83. The summed E-state index contributed by atoms with van der Waals surface area (Å²) in [7, 11) is 3.50. The lowest BCUT2D eigenvalue weighted by atomic mass is 9.88. The highest BCUT2D eigenvalue weighted by atomic mass is 16.5. The molecule has 0 saturated carbocycles. The van der Waals surface area contributed by atoms with Crippen LogP contribution >= 0.6 is 0 Å². The van der Waals surface area contributed by atoms with Gasteiger partial charge in [0.1, 0.15) is 0 Å². The fourth-order valence-electron chi connectivity index (χ4n) is 2.37. The van der Waals surface area contributed by atoms with E-state index in [1.165, 1.54) is 5.56 Å². The highest BCUT2D eigenvalue weighted by Crippen LogP contribution is 2.23. The van der Waals surface area contributed by atoms with Crippen molar-refractivity contribution in [1.82, 2.24) is 10.6 Å². The second kappa shape index (κ2) is 9.40. The molecule has 118 valence electrons. The van der Waals surface area contributed by atoms with Crippen molar-refractivity contribution in [3.05, 3.63) is 35.9 Å². The second-order valence-electron chi connectivity index (χ2n) is 5.72. The van der Waals surface area contributed by atoms with Crippen molar-refractivity contribution >= 4 is 5.96 Å². The molecule has 2 N–H and O–H groups in total. The zero-order chi connectivity index (χ0) is 15.7. The fraction of sp³-hybridized carbons (Fsp3) is 0.588. The second-order valence-corrected chi connectivity index (χ2v) is 5.72. The van der Waals surface area contributed by atoms with Crippen LogP contribution in [-0.4, -0.2) is 39.3 Å². The molecule has 1 aromatic carbocycles. The van der Waals surface area contributed by atoms with Crippen LogP contribution in [0.3, 0.4) is 0 Å². The maximum Gasteiger partial charge on any atom is 0.191 e. The molecule has 2 atom stereocenters. The molecule has 1 aromatic rings. The van der Waals surface area contributed by atoms with Crippen molar-refractivity contribution in [2.24, 2.45) is 10.9 Å². The monoisotopic (exact) mass is 291 g/mol. The van der Waals surface area contributed by atoms with E-state index in [4.69, 9.17) is 4.74 Å². The smallest absolute Gasteiger partial charge is 0.191 e.